The van der Waals surface area contributed by atoms with Gasteiger partial charge in [0.05, 0.1) is 19.5 Å². The first-order chi connectivity index (χ1) is 25.5. The molecule has 5 aromatic rings. The number of anilines is 1. The Morgan fingerprint density at radius 1 is 0.849 bits per heavy atom. The number of amides is 2. The molecule has 0 saturated carbocycles. The van der Waals surface area contributed by atoms with E-state index >= 15 is 0 Å². The van der Waals surface area contributed by atoms with E-state index in [0.717, 1.165) is 75.5 Å². The third kappa shape index (κ3) is 10.3. The Bertz CT molecular complexity index is 2120. The highest BCUT2D eigenvalue weighted by molar-refractivity contribution is 7.92. The number of unbranched alkanes of at least 4 members (excludes halogenated alkanes) is 1. The zero-order chi connectivity index (χ0) is 37.4. The normalized spacial score (nSPS) is 13.2. The number of sulfonamides is 1. The lowest BCUT2D eigenvalue weighted by molar-refractivity contribution is 0.0303. The predicted molar refractivity (Wildman–Crippen MR) is 210 cm³/mol. The monoisotopic (exact) mass is 736 g/mol. The maximum Gasteiger partial charge on any atom is 0.410 e. The van der Waals surface area contributed by atoms with Gasteiger partial charge < -0.3 is 24.3 Å². The molecular weight excluding hydrogens is 689 g/mol. The molecule has 0 radical (unpaired) electrons. The van der Waals surface area contributed by atoms with Gasteiger partial charge in [0.15, 0.2) is 0 Å². The Morgan fingerprint density at radius 3 is 2.26 bits per heavy atom. The Morgan fingerprint density at radius 2 is 1.57 bits per heavy atom. The van der Waals surface area contributed by atoms with Gasteiger partial charge in [-0.25, -0.2) is 13.2 Å². The second-order valence-corrected chi connectivity index (χ2v) is 15.6. The molecule has 2 N–H and O–H groups in total. The highest BCUT2D eigenvalue weighted by Gasteiger charge is 2.23. The average molecular weight is 737 g/mol. The number of morpholine rings is 1. The van der Waals surface area contributed by atoms with E-state index in [1.165, 1.54) is 0 Å². The third-order valence-corrected chi connectivity index (χ3v) is 10.1. The molecule has 1 aromatic heterocycles. The highest BCUT2D eigenvalue weighted by atomic mass is 32.2. The van der Waals surface area contributed by atoms with E-state index < -0.39 is 10.0 Å². The van der Waals surface area contributed by atoms with Crippen LogP contribution in [0.2, 0.25) is 0 Å². The van der Waals surface area contributed by atoms with Crippen LogP contribution in [0.5, 0.6) is 0 Å². The van der Waals surface area contributed by atoms with Crippen molar-refractivity contribution in [2.24, 2.45) is 0 Å². The average Bonchev–Trinajstić information content (AvgIpc) is 3.51. The van der Waals surface area contributed by atoms with E-state index in [1.54, 1.807) is 17.0 Å². The number of rotatable bonds is 14. The minimum Gasteiger partial charge on any atom is -0.445 e. The first-order valence-corrected chi connectivity index (χ1v) is 20.0. The minimum atomic E-state index is -3.34. The van der Waals surface area contributed by atoms with Crippen molar-refractivity contribution >= 4 is 38.6 Å². The number of ether oxygens (including phenoxy) is 2. The van der Waals surface area contributed by atoms with Crippen molar-refractivity contribution in [3.05, 3.63) is 124 Å². The summed E-state index contributed by atoms with van der Waals surface area (Å²) in [4.78, 5) is 34.5. The van der Waals surface area contributed by atoms with Gasteiger partial charge in [-0.05, 0) is 104 Å². The summed E-state index contributed by atoms with van der Waals surface area (Å²) in [7, 11) is -3.34. The Hall–Kier alpha value is -5.13. The van der Waals surface area contributed by atoms with Crippen LogP contribution in [0, 0.1) is 13.8 Å². The summed E-state index contributed by atoms with van der Waals surface area (Å²) in [5.41, 5.74) is 9.49. The molecule has 2 heterocycles. The van der Waals surface area contributed by atoms with E-state index in [9.17, 15) is 18.0 Å². The smallest absolute Gasteiger partial charge is 0.410 e. The fourth-order valence-electron chi connectivity index (χ4n) is 6.89. The predicted octanol–water partition coefficient (Wildman–Crippen LogP) is 7.50. The second-order valence-electron chi connectivity index (χ2n) is 13.8. The quantitative estimate of drug-likeness (QED) is 0.114. The first-order valence-electron chi connectivity index (χ1n) is 18.1. The minimum absolute atomic E-state index is 0.0114. The molecule has 0 unspecified atom stereocenters. The van der Waals surface area contributed by atoms with Gasteiger partial charge in [0.1, 0.15) is 6.61 Å². The molecule has 1 aliphatic rings. The lowest BCUT2D eigenvalue weighted by Crippen LogP contribution is -2.40. The fraction of sp³-hybridized carbons (Fsp3) is 0.333. The molecule has 1 fully saturated rings. The third-order valence-electron chi connectivity index (χ3n) is 9.46. The topological polar surface area (TPSA) is 121 Å². The molecule has 10 nitrogen and oxygen atoms in total. The van der Waals surface area contributed by atoms with E-state index in [0.29, 0.717) is 57.1 Å². The number of aryl methyl sites for hydroxylation is 3. The molecule has 6 rings (SSSR count). The summed E-state index contributed by atoms with van der Waals surface area (Å²) >= 11 is 0. The zero-order valence-corrected chi connectivity index (χ0v) is 31.5. The van der Waals surface area contributed by atoms with Crippen LogP contribution in [0.1, 0.15) is 51.0 Å². The van der Waals surface area contributed by atoms with Gasteiger partial charge in [0.2, 0.25) is 10.0 Å². The van der Waals surface area contributed by atoms with Gasteiger partial charge in [0.25, 0.3) is 5.91 Å². The number of benzene rings is 4. The number of fused-ring (bicyclic) bond motifs is 1. The van der Waals surface area contributed by atoms with Crippen LogP contribution in [-0.2, 0) is 38.9 Å². The Kier molecular flexibility index (Phi) is 12.2. The van der Waals surface area contributed by atoms with E-state index in [4.69, 9.17) is 9.47 Å². The molecule has 0 aliphatic carbocycles. The standard InChI is InChI=1S/C42H48N4O6S/c1-30-25-31(2)27-35(26-30)40-37(38-28-34(14-17-39(38)43-40)41(47)45-21-23-51-24-22-45)18-20-46(42(48)52-29-33-10-5-4-6-11-33)19-8-7-9-32-12-15-36(16-13-32)44-53(3,49)50/h4-6,10-17,25-28,43-44H,7-9,18-24,29H2,1-3H3. The molecule has 1 saturated heterocycles. The number of carbonyl (C=O) groups excluding carboxylic acids is 2. The van der Waals surface area contributed by atoms with Crippen molar-refractivity contribution in [2.75, 3.05) is 50.4 Å². The van der Waals surface area contributed by atoms with Crippen LogP contribution in [0.3, 0.4) is 0 Å². The second kappa shape index (κ2) is 17.1. The summed E-state index contributed by atoms with van der Waals surface area (Å²) in [6.45, 7) is 7.48. The SMILES string of the molecule is Cc1cc(C)cc(-c2[nH]c3ccc(C(=O)N4CCOCC4)cc3c2CCN(CCCCc2ccc(NS(C)(=O)=O)cc2)C(=O)OCc2ccccc2)c1. The Balaban J connectivity index is 1.23. The number of carbonyl (C=O) groups is 2. The van der Waals surface area contributed by atoms with Crippen LogP contribution in [-0.4, -0.2) is 80.9 Å². The molecular formula is C42H48N4O6S. The maximum atomic E-state index is 13.7. The fourth-order valence-corrected chi connectivity index (χ4v) is 7.46. The van der Waals surface area contributed by atoms with Gasteiger partial charge in [0, 0.05) is 54.0 Å². The van der Waals surface area contributed by atoms with Gasteiger partial charge >= 0.3 is 6.09 Å². The number of hydrogen-bond acceptors (Lipinski definition) is 6. The molecule has 1 aliphatic heterocycles. The first kappa shape index (κ1) is 37.6. The van der Waals surface area contributed by atoms with E-state index in [2.05, 4.69) is 41.8 Å². The number of aromatic amines is 1. The largest absolute Gasteiger partial charge is 0.445 e. The van der Waals surface area contributed by atoms with Crippen molar-refractivity contribution in [1.29, 1.82) is 0 Å². The maximum absolute atomic E-state index is 13.7. The molecule has 0 atom stereocenters. The van der Waals surface area contributed by atoms with Gasteiger partial charge in [-0.1, -0.05) is 59.7 Å². The molecule has 2 amide bonds. The summed E-state index contributed by atoms with van der Waals surface area (Å²) in [6, 6.07) is 29.3. The van der Waals surface area contributed by atoms with Gasteiger partial charge in [-0.15, -0.1) is 0 Å². The Labute approximate surface area is 312 Å². The molecule has 0 spiro atoms. The molecule has 0 bridgehead atoms. The number of aromatic nitrogens is 1. The molecule has 4 aromatic carbocycles. The van der Waals surface area contributed by atoms with Crippen molar-refractivity contribution in [2.45, 2.75) is 46.1 Å². The van der Waals surface area contributed by atoms with E-state index in [-0.39, 0.29) is 18.6 Å². The molecule has 278 valence electrons. The van der Waals surface area contributed by atoms with Crippen molar-refractivity contribution < 1.29 is 27.5 Å². The van der Waals surface area contributed by atoms with Crippen molar-refractivity contribution in [3.8, 4) is 11.3 Å². The van der Waals surface area contributed by atoms with Crippen LogP contribution in [0.15, 0.2) is 91.0 Å². The molecule has 53 heavy (non-hydrogen) atoms. The lowest BCUT2D eigenvalue weighted by atomic mass is 9.98. The number of H-pyrrole nitrogens is 1. The lowest BCUT2D eigenvalue weighted by Gasteiger charge is -2.27. The summed E-state index contributed by atoms with van der Waals surface area (Å²) in [5, 5.41) is 0.963. The summed E-state index contributed by atoms with van der Waals surface area (Å²) < 4.78 is 37.0. The number of nitrogens with zero attached hydrogens (tertiary/aromatic N) is 2. The van der Waals surface area contributed by atoms with Gasteiger partial charge in [-0.2, -0.15) is 0 Å². The van der Waals surface area contributed by atoms with E-state index in [1.807, 2.05) is 65.6 Å². The summed E-state index contributed by atoms with van der Waals surface area (Å²) in [5.74, 6) is -0.0114. The van der Waals surface area contributed by atoms with Crippen LogP contribution < -0.4 is 4.72 Å². The van der Waals surface area contributed by atoms with Crippen molar-refractivity contribution in [3.63, 3.8) is 0 Å². The highest BCUT2D eigenvalue weighted by Crippen LogP contribution is 2.33. The van der Waals surface area contributed by atoms with Crippen LogP contribution in [0.25, 0.3) is 22.2 Å². The van der Waals surface area contributed by atoms with Crippen LogP contribution >= 0.6 is 0 Å². The zero-order valence-electron chi connectivity index (χ0n) is 30.7. The molecule has 11 heteroatoms. The number of nitrogens with one attached hydrogen (secondary N) is 2. The van der Waals surface area contributed by atoms with Crippen molar-refractivity contribution in [1.82, 2.24) is 14.8 Å². The number of hydrogen-bond donors (Lipinski definition) is 2. The van der Waals surface area contributed by atoms with Crippen LogP contribution in [0.4, 0.5) is 10.5 Å². The van der Waals surface area contributed by atoms with Gasteiger partial charge in [-0.3, -0.25) is 9.52 Å². The summed E-state index contributed by atoms with van der Waals surface area (Å²) in [6.07, 6.45) is 3.67.